The Morgan fingerprint density at radius 2 is 1.88 bits per heavy atom. The van der Waals surface area contributed by atoms with Crippen LogP contribution in [0.4, 0.5) is 0 Å². The van der Waals surface area contributed by atoms with Crippen LogP contribution < -0.4 is 4.74 Å². The SMILES string of the molecule is COCCOCOc1c(-c2ccc(CC(=O)O)cc2)cccc1-c1[nH]c2cnccc2c1Cl. The minimum absolute atomic E-state index is 0.0316. The van der Waals surface area contributed by atoms with E-state index in [1.165, 1.54) is 0 Å². The van der Waals surface area contributed by atoms with Crippen LogP contribution in [0.15, 0.2) is 60.9 Å². The first-order valence-corrected chi connectivity index (χ1v) is 10.7. The van der Waals surface area contributed by atoms with Crippen LogP contribution in [0.3, 0.4) is 0 Å². The molecule has 2 heterocycles. The number of benzene rings is 2. The predicted octanol–water partition coefficient (Wildman–Crippen LogP) is 5.18. The molecule has 4 aromatic rings. The Hall–Kier alpha value is -3.39. The second-order valence-electron chi connectivity index (χ2n) is 7.35. The second kappa shape index (κ2) is 10.5. The fourth-order valence-electron chi connectivity index (χ4n) is 3.59. The molecular weight excluding hydrogens is 444 g/mol. The average molecular weight is 467 g/mol. The first-order chi connectivity index (χ1) is 16.1. The summed E-state index contributed by atoms with van der Waals surface area (Å²) in [5.74, 6) is -0.271. The Kier molecular flexibility index (Phi) is 7.24. The number of halogens is 1. The summed E-state index contributed by atoms with van der Waals surface area (Å²) < 4.78 is 16.7. The lowest BCUT2D eigenvalue weighted by Crippen LogP contribution is -2.09. The molecule has 4 rings (SSSR count). The van der Waals surface area contributed by atoms with Gasteiger partial charge in [-0.1, -0.05) is 48.0 Å². The zero-order valence-corrected chi connectivity index (χ0v) is 18.8. The van der Waals surface area contributed by atoms with E-state index in [4.69, 9.17) is 30.9 Å². The molecule has 0 saturated carbocycles. The van der Waals surface area contributed by atoms with Crippen LogP contribution in [0.25, 0.3) is 33.3 Å². The van der Waals surface area contributed by atoms with Crippen molar-refractivity contribution in [1.29, 1.82) is 0 Å². The number of nitrogens with one attached hydrogen (secondary N) is 1. The molecule has 2 aromatic heterocycles. The van der Waals surface area contributed by atoms with Crippen LogP contribution in [-0.4, -0.2) is 48.2 Å². The molecule has 2 aromatic carbocycles. The third kappa shape index (κ3) is 5.17. The molecule has 0 bridgehead atoms. The molecule has 0 radical (unpaired) electrons. The van der Waals surface area contributed by atoms with Crippen molar-refractivity contribution >= 4 is 28.5 Å². The maximum atomic E-state index is 11.0. The van der Waals surface area contributed by atoms with E-state index in [2.05, 4.69) is 9.97 Å². The molecule has 8 heteroatoms. The van der Waals surface area contributed by atoms with Crippen molar-refractivity contribution in [3.05, 3.63) is 71.5 Å². The molecule has 2 N–H and O–H groups in total. The number of carboxylic acid groups (broad SMARTS) is 1. The molecule has 33 heavy (non-hydrogen) atoms. The van der Waals surface area contributed by atoms with Gasteiger partial charge in [0.1, 0.15) is 5.75 Å². The Balaban J connectivity index is 1.76. The molecule has 0 aliphatic heterocycles. The van der Waals surface area contributed by atoms with Crippen LogP contribution in [0.2, 0.25) is 5.02 Å². The molecule has 7 nitrogen and oxygen atoms in total. The number of H-pyrrole nitrogens is 1. The van der Waals surface area contributed by atoms with Crippen molar-refractivity contribution in [2.75, 3.05) is 27.1 Å². The molecule has 0 fully saturated rings. The lowest BCUT2D eigenvalue weighted by molar-refractivity contribution is -0.136. The van der Waals surface area contributed by atoms with Gasteiger partial charge in [-0.05, 0) is 23.3 Å². The van der Waals surface area contributed by atoms with Crippen molar-refractivity contribution < 1.29 is 24.1 Å². The Bertz CT molecular complexity index is 1250. The van der Waals surface area contributed by atoms with Gasteiger partial charge in [-0.25, -0.2) is 0 Å². The molecule has 0 spiro atoms. The highest BCUT2D eigenvalue weighted by atomic mass is 35.5. The second-order valence-corrected chi connectivity index (χ2v) is 7.73. The maximum absolute atomic E-state index is 11.0. The molecule has 0 unspecified atom stereocenters. The molecule has 170 valence electrons. The van der Waals surface area contributed by atoms with E-state index in [1.807, 2.05) is 36.4 Å². The smallest absolute Gasteiger partial charge is 0.307 e. The fourth-order valence-corrected chi connectivity index (χ4v) is 3.90. The van der Waals surface area contributed by atoms with Gasteiger partial charge >= 0.3 is 5.97 Å². The van der Waals surface area contributed by atoms with Crippen LogP contribution in [-0.2, 0) is 20.7 Å². The number of aromatic nitrogens is 2. The van der Waals surface area contributed by atoms with E-state index in [9.17, 15) is 4.79 Å². The Morgan fingerprint density at radius 1 is 1.09 bits per heavy atom. The van der Waals surface area contributed by atoms with Gasteiger partial charge < -0.3 is 24.3 Å². The van der Waals surface area contributed by atoms with Crippen LogP contribution in [0.5, 0.6) is 5.75 Å². The van der Waals surface area contributed by atoms with Crippen molar-refractivity contribution in [2.24, 2.45) is 0 Å². The number of carboxylic acids is 1. The van der Waals surface area contributed by atoms with Crippen LogP contribution >= 0.6 is 11.6 Å². The number of aromatic amines is 1. The summed E-state index contributed by atoms with van der Waals surface area (Å²) >= 11 is 6.72. The Morgan fingerprint density at radius 3 is 2.61 bits per heavy atom. The normalized spacial score (nSPS) is 11.1. The van der Waals surface area contributed by atoms with Gasteiger partial charge in [0.05, 0.1) is 42.1 Å². The lowest BCUT2D eigenvalue weighted by atomic mass is 9.98. The van der Waals surface area contributed by atoms with Gasteiger partial charge in [-0.3, -0.25) is 9.78 Å². The van der Waals surface area contributed by atoms with Crippen molar-refractivity contribution in [2.45, 2.75) is 6.42 Å². The highest BCUT2D eigenvalue weighted by molar-refractivity contribution is 6.38. The van der Waals surface area contributed by atoms with Gasteiger partial charge in [-0.2, -0.15) is 0 Å². The molecule has 0 saturated heterocycles. The van der Waals surface area contributed by atoms with E-state index in [0.29, 0.717) is 24.0 Å². The fraction of sp³-hybridized carbons (Fsp3) is 0.200. The number of fused-ring (bicyclic) bond motifs is 1. The van der Waals surface area contributed by atoms with Crippen molar-refractivity contribution in [1.82, 2.24) is 9.97 Å². The maximum Gasteiger partial charge on any atom is 0.307 e. The number of aliphatic carboxylic acids is 1. The summed E-state index contributed by atoms with van der Waals surface area (Å²) in [6, 6.07) is 15.0. The molecule has 0 amide bonds. The van der Waals surface area contributed by atoms with Crippen LogP contribution in [0.1, 0.15) is 5.56 Å². The molecule has 0 aliphatic carbocycles. The quantitative estimate of drug-likeness (QED) is 0.247. The van der Waals surface area contributed by atoms with Gasteiger partial charge in [0, 0.05) is 29.8 Å². The van der Waals surface area contributed by atoms with Crippen LogP contribution in [0, 0.1) is 0 Å². The number of pyridine rings is 1. The summed E-state index contributed by atoms with van der Waals surface area (Å²) in [5.41, 5.74) is 4.75. The summed E-state index contributed by atoms with van der Waals surface area (Å²) in [6.07, 6.45) is 3.39. The first kappa shape index (κ1) is 22.8. The van der Waals surface area contributed by atoms with E-state index in [0.717, 1.165) is 38.9 Å². The highest BCUT2D eigenvalue weighted by Crippen LogP contribution is 2.43. The standard InChI is InChI=1S/C25H23ClN2O5/c1-31-11-12-32-15-33-25-18(17-7-5-16(6-8-17)13-22(29)30)3-2-4-20(25)24-23(26)19-9-10-27-14-21(19)28-24/h2-10,14,28H,11-13,15H2,1H3,(H,29,30). The number of carbonyl (C=O) groups is 1. The van der Waals surface area contributed by atoms with Crippen molar-refractivity contribution in [3.63, 3.8) is 0 Å². The number of nitrogens with zero attached hydrogens (tertiary/aromatic N) is 1. The zero-order chi connectivity index (χ0) is 23.2. The minimum Gasteiger partial charge on any atom is -0.481 e. The lowest BCUT2D eigenvalue weighted by Gasteiger charge is -2.16. The largest absolute Gasteiger partial charge is 0.481 e. The summed E-state index contributed by atoms with van der Waals surface area (Å²) in [4.78, 5) is 18.5. The first-order valence-electron chi connectivity index (χ1n) is 10.3. The van der Waals surface area contributed by atoms with Crippen molar-refractivity contribution in [3.8, 4) is 28.1 Å². The van der Waals surface area contributed by atoms with E-state index < -0.39 is 5.97 Å². The summed E-state index contributed by atoms with van der Waals surface area (Å²) in [6.45, 7) is 0.893. The summed E-state index contributed by atoms with van der Waals surface area (Å²) in [5, 5.41) is 10.5. The number of hydrogen-bond donors (Lipinski definition) is 2. The van der Waals surface area contributed by atoms with Gasteiger partial charge in [0.2, 0.25) is 0 Å². The highest BCUT2D eigenvalue weighted by Gasteiger charge is 2.19. The number of ether oxygens (including phenoxy) is 3. The summed E-state index contributed by atoms with van der Waals surface area (Å²) in [7, 11) is 1.61. The minimum atomic E-state index is -0.870. The van der Waals surface area contributed by atoms with Gasteiger partial charge in [0.15, 0.2) is 6.79 Å². The molecule has 0 aliphatic rings. The molecular formula is C25H23ClN2O5. The van der Waals surface area contributed by atoms with E-state index in [1.54, 1.807) is 31.6 Å². The average Bonchev–Trinajstić information content (AvgIpc) is 3.15. The number of hydrogen-bond acceptors (Lipinski definition) is 5. The third-order valence-electron chi connectivity index (χ3n) is 5.16. The molecule has 0 atom stereocenters. The number of rotatable bonds is 10. The van der Waals surface area contributed by atoms with E-state index >= 15 is 0 Å². The Labute approximate surface area is 195 Å². The third-order valence-corrected chi connectivity index (χ3v) is 5.55. The number of methoxy groups -OCH3 is 1. The van der Waals surface area contributed by atoms with Gasteiger partial charge in [0.25, 0.3) is 0 Å². The zero-order valence-electron chi connectivity index (χ0n) is 18.0. The van der Waals surface area contributed by atoms with Gasteiger partial charge in [-0.15, -0.1) is 0 Å². The van der Waals surface area contributed by atoms with E-state index in [-0.39, 0.29) is 13.2 Å². The monoisotopic (exact) mass is 466 g/mol. The predicted molar refractivity (Wildman–Crippen MR) is 127 cm³/mol. The topological polar surface area (TPSA) is 93.7 Å². The number of para-hydroxylation sites is 1.